The van der Waals surface area contributed by atoms with E-state index in [1.54, 1.807) is 0 Å². The molecule has 1 fully saturated rings. The minimum absolute atomic E-state index is 0.682. The van der Waals surface area contributed by atoms with Gasteiger partial charge in [-0.05, 0) is 55.9 Å². The molecule has 0 bridgehead atoms. The van der Waals surface area contributed by atoms with Gasteiger partial charge in [-0.3, -0.25) is 4.98 Å². The summed E-state index contributed by atoms with van der Waals surface area (Å²) in [5, 5.41) is 5.87. The molecule has 2 aromatic rings. The molecule has 0 aliphatic carbocycles. The van der Waals surface area contributed by atoms with Crippen LogP contribution in [0.15, 0.2) is 41.9 Å². The summed E-state index contributed by atoms with van der Waals surface area (Å²) in [5.41, 5.74) is 1.18. The van der Waals surface area contributed by atoms with Crippen molar-refractivity contribution in [2.45, 2.75) is 31.7 Å². The van der Waals surface area contributed by atoms with Gasteiger partial charge in [-0.2, -0.15) is 0 Å². The molecular formula is C18H25N3S. The van der Waals surface area contributed by atoms with Crippen LogP contribution in [0.2, 0.25) is 0 Å². The molecule has 1 saturated heterocycles. The van der Waals surface area contributed by atoms with Crippen LogP contribution in [0.5, 0.6) is 0 Å². The maximum atomic E-state index is 4.37. The predicted octanol–water partition coefficient (Wildman–Crippen LogP) is 2.98. The molecular weight excluding hydrogens is 290 g/mol. The first kappa shape index (κ1) is 15.7. The van der Waals surface area contributed by atoms with Crippen molar-refractivity contribution in [3.8, 4) is 0 Å². The van der Waals surface area contributed by atoms with E-state index >= 15 is 0 Å². The highest BCUT2D eigenvalue weighted by atomic mass is 32.1. The molecule has 1 N–H and O–H groups in total. The summed E-state index contributed by atoms with van der Waals surface area (Å²) in [5.74, 6) is 0. The van der Waals surface area contributed by atoms with E-state index in [4.69, 9.17) is 0 Å². The molecule has 3 nitrogen and oxygen atoms in total. The Morgan fingerprint density at radius 2 is 2.05 bits per heavy atom. The fourth-order valence-corrected chi connectivity index (χ4v) is 3.73. The van der Waals surface area contributed by atoms with Crippen molar-refractivity contribution in [2.75, 3.05) is 26.2 Å². The van der Waals surface area contributed by atoms with Crippen LogP contribution in [0, 0.1) is 0 Å². The molecule has 0 saturated carbocycles. The number of hydrogen-bond donors (Lipinski definition) is 1. The van der Waals surface area contributed by atoms with Crippen LogP contribution in [-0.2, 0) is 12.8 Å². The molecule has 118 valence electrons. The maximum absolute atomic E-state index is 4.37. The molecule has 4 heteroatoms. The highest BCUT2D eigenvalue weighted by Gasteiger charge is 2.18. The number of rotatable bonds is 7. The van der Waals surface area contributed by atoms with Crippen molar-refractivity contribution in [3.63, 3.8) is 0 Å². The van der Waals surface area contributed by atoms with Crippen molar-refractivity contribution >= 4 is 11.3 Å². The standard InChI is InChI=1S/C18H25N3S/c1-2-10-19-16(4-1)6-11-20-17-7-12-21(13-8-17)14-9-18-5-3-15-22-18/h1-5,10,15,17,20H,6-9,11-14H2. The predicted molar refractivity (Wildman–Crippen MR) is 93.4 cm³/mol. The second-order valence-corrected chi connectivity index (χ2v) is 7.00. The Balaban J connectivity index is 1.30. The van der Waals surface area contributed by atoms with E-state index in [0.29, 0.717) is 6.04 Å². The van der Waals surface area contributed by atoms with Gasteiger partial charge in [-0.15, -0.1) is 11.3 Å². The molecule has 0 radical (unpaired) electrons. The van der Waals surface area contributed by atoms with Crippen molar-refractivity contribution < 1.29 is 0 Å². The van der Waals surface area contributed by atoms with E-state index in [1.807, 2.05) is 23.6 Å². The van der Waals surface area contributed by atoms with E-state index in [1.165, 1.54) is 49.5 Å². The minimum atomic E-state index is 0.682. The van der Waals surface area contributed by atoms with Crippen molar-refractivity contribution in [2.24, 2.45) is 0 Å². The average molecular weight is 315 g/mol. The lowest BCUT2D eigenvalue weighted by atomic mass is 10.0. The van der Waals surface area contributed by atoms with Gasteiger partial charge in [-0.25, -0.2) is 0 Å². The SMILES string of the molecule is c1ccc(CCNC2CCN(CCc3cccs3)CC2)nc1. The van der Waals surface area contributed by atoms with Crippen LogP contribution < -0.4 is 5.32 Å². The molecule has 1 aliphatic heterocycles. The van der Waals surface area contributed by atoms with Gasteiger partial charge in [0.25, 0.3) is 0 Å². The highest BCUT2D eigenvalue weighted by molar-refractivity contribution is 7.09. The second-order valence-electron chi connectivity index (χ2n) is 5.97. The van der Waals surface area contributed by atoms with Gasteiger partial charge in [0, 0.05) is 42.3 Å². The largest absolute Gasteiger partial charge is 0.313 e. The van der Waals surface area contributed by atoms with Crippen LogP contribution in [0.4, 0.5) is 0 Å². The third-order valence-corrected chi connectivity index (χ3v) is 5.32. The maximum Gasteiger partial charge on any atom is 0.0416 e. The molecule has 0 spiro atoms. The van der Waals surface area contributed by atoms with Gasteiger partial charge in [-0.1, -0.05) is 12.1 Å². The number of piperidine rings is 1. The first-order valence-corrected chi connectivity index (χ1v) is 9.16. The van der Waals surface area contributed by atoms with E-state index in [2.05, 4.69) is 44.8 Å². The van der Waals surface area contributed by atoms with Crippen molar-refractivity contribution in [1.82, 2.24) is 15.2 Å². The lowest BCUT2D eigenvalue weighted by Crippen LogP contribution is -2.43. The Morgan fingerprint density at radius 1 is 1.14 bits per heavy atom. The fraction of sp³-hybridized carbons (Fsp3) is 0.500. The van der Waals surface area contributed by atoms with E-state index in [9.17, 15) is 0 Å². The summed E-state index contributed by atoms with van der Waals surface area (Å²) in [6.45, 7) is 4.71. The molecule has 3 rings (SSSR count). The van der Waals surface area contributed by atoms with E-state index in [0.717, 1.165) is 13.0 Å². The summed E-state index contributed by atoms with van der Waals surface area (Å²) in [4.78, 5) is 8.49. The van der Waals surface area contributed by atoms with Gasteiger partial charge in [0.05, 0.1) is 0 Å². The van der Waals surface area contributed by atoms with Gasteiger partial charge in [0.1, 0.15) is 0 Å². The zero-order valence-corrected chi connectivity index (χ0v) is 13.9. The van der Waals surface area contributed by atoms with Crippen molar-refractivity contribution in [3.05, 3.63) is 52.5 Å². The van der Waals surface area contributed by atoms with Crippen LogP contribution >= 0.6 is 11.3 Å². The third kappa shape index (κ3) is 4.90. The van der Waals surface area contributed by atoms with Gasteiger partial charge in [0.15, 0.2) is 0 Å². The first-order chi connectivity index (χ1) is 10.9. The molecule has 2 aromatic heterocycles. The quantitative estimate of drug-likeness (QED) is 0.851. The smallest absolute Gasteiger partial charge is 0.0416 e. The fourth-order valence-electron chi connectivity index (χ4n) is 3.03. The van der Waals surface area contributed by atoms with E-state index in [-0.39, 0.29) is 0 Å². The van der Waals surface area contributed by atoms with Gasteiger partial charge in [0.2, 0.25) is 0 Å². The Kier molecular flexibility index (Phi) is 5.99. The summed E-state index contributed by atoms with van der Waals surface area (Å²) in [6, 6.07) is 11.2. The number of nitrogens with one attached hydrogen (secondary N) is 1. The number of likely N-dealkylation sites (tertiary alicyclic amines) is 1. The zero-order valence-electron chi connectivity index (χ0n) is 13.1. The molecule has 3 heterocycles. The zero-order chi connectivity index (χ0) is 15.0. The normalized spacial score (nSPS) is 16.9. The van der Waals surface area contributed by atoms with Crippen LogP contribution in [0.3, 0.4) is 0 Å². The average Bonchev–Trinajstić information content (AvgIpc) is 3.09. The summed E-state index contributed by atoms with van der Waals surface area (Å²) >= 11 is 1.88. The number of hydrogen-bond acceptors (Lipinski definition) is 4. The Hall–Kier alpha value is -1.23. The molecule has 0 amide bonds. The highest BCUT2D eigenvalue weighted by Crippen LogP contribution is 2.14. The Morgan fingerprint density at radius 3 is 2.77 bits per heavy atom. The molecule has 22 heavy (non-hydrogen) atoms. The van der Waals surface area contributed by atoms with Crippen LogP contribution in [-0.4, -0.2) is 42.1 Å². The first-order valence-electron chi connectivity index (χ1n) is 8.28. The summed E-state index contributed by atoms with van der Waals surface area (Å²) in [6.07, 6.45) is 6.65. The lowest BCUT2D eigenvalue weighted by Gasteiger charge is -2.32. The number of pyridine rings is 1. The minimum Gasteiger partial charge on any atom is -0.313 e. The third-order valence-electron chi connectivity index (χ3n) is 4.38. The summed E-state index contributed by atoms with van der Waals surface area (Å²) < 4.78 is 0. The monoisotopic (exact) mass is 315 g/mol. The van der Waals surface area contributed by atoms with Crippen LogP contribution in [0.1, 0.15) is 23.4 Å². The molecule has 1 aliphatic rings. The lowest BCUT2D eigenvalue weighted by molar-refractivity contribution is 0.200. The van der Waals surface area contributed by atoms with Crippen molar-refractivity contribution in [1.29, 1.82) is 0 Å². The number of aromatic nitrogens is 1. The number of thiophene rings is 1. The van der Waals surface area contributed by atoms with Gasteiger partial charge < -0.3 is 10.2 Å². The number of nitrogens with zero attached hydrogens (tertiary/aromatic N) is 2. The van der Waals surface area contributed by atoms with Gasteiger partial charge >= 0.3 is 0 Å². The molecule has 0 unspecified atom stereocenters. The topological polar surface area (TPSA) is 28.2 Å². The summed E-state index contributed by atoms with van der Waals surface area (Å²) in [7, 11) is 0. The second kappa shape index (κ2) is 8.42. The Bertz CT molecular complexity index is 519. The molecule has 0 aromatic carbocycles. The molecule has 0 atom stereocenters. The Labute approximate surface area is 137 Å². The van der Waals surface area contributed by atoms with Crippen LogP contribution in [0.25, 0.3) is 0 Å². The van der Waals surface area contributed by atoms with E-state index < -0.39 is 0 Å².